The number of rotatable bonds is 4. The molecule has 0 bridgehead atoms. The third-order valence-corrected chi connectivity index (χ3v) is 2.08. The number of hydrogen-bond donors (Lipinski definition) is 1. The highest BCUT2D eigenvalue weighted by molar-refractivity contribution is 6.32. The van der Waals surface area contributed by atoms with Crippen molar-refractivity contribution in [2.75, 3.05) is 13.9 Å². The van der Waals surface area contributed by atoms with Crippen LogP contribution >= 0.6 is 11.6 Å². The maximum absolute atomic E-state index is 11.3. The first-order chi connectivity index (χ1) is 7.07. The Bertz CT molecular complexity index is 376. The molecule has 1 aromatic carbocycles. The molecule has 1 rings (SSSR count). The molecule has 0 heterocycles. The summed E-state index contributed by atoms with van der Waals surface area (Å²) in [5, 5.41) is 9.69. The van der Waals surface area contributed by atoms with E-state index in [9.17, 15) is 9.90 Å². The highest BCUT2D eigenvalue weighted by Gasteiger charge is 2.16. The number of phenols is 1. The van der Waals surface area contributed by atoms with Crippen LogP contribution < -0.4 is 4.74 Å². The van der Waals surface area contributed by atoms with Crippen molar-refractivity contribution in [1.82, 2.24) is 0 Å². The molecule has 0 aliphatic heterocycles. The third-order valence-electron chi connectivity index (χ3n) is 1.77. The largest absolute Gasteiger partial charge is 0.505 e. The number of methoxy groups -OCH3 is 1. The number of carbonyl (C=O) groups excluding carboxylic acids is 1. The summed E-state index contributed by atoms with van der Waals surface area (Å²) >= 11 is 5.67. The van der Waals surface area contributed by atoms with E-state index in [4.69, 9.17) is 21.1 Å². The van der Waals surface area contributed by atoms with E-state index < -0.39 is 0 Å². The average molecular weight is 231 g/mol. The van der Waals surface area contributed by atoms with Gasteiger partial charge in [0.05, 0.1) is 5.02 Å². The summed E-state index contributed by atoms with van der Waals surface area (Å²) in [5.41, 5.74) is 0.0690. The minimum absolute atomic E-state index is 0.00134. The molecule has 0 fully saturated rings. The summed E-state index contributed by atoms with van der Waals surface area (Å²) in [7, 11) is 1.46. The van der Waals surface area contributed by atoms with Crippen LogP contribution in [-0.4, -0.2) is 24.8 Å². The second kappa shape index (κ2) is 5.00. The van der Waals surface area contributed by atoms with Gasteiger partial charge < -0.3 is 14.6 Å². The summed E-state index contributed by atoms with van der Waals surface area (Å²) in [6, 6.07) is 2.96. The van der Waals surface area contributed by atoms with Crippen molar-refractivity contribution in [3.8, 4) is 11.5 Å². The number of Topliss-reactive ketones (excluding diaryl/α,β-unsaturated/α-hetero) is 1. The topological polar surface area (TPSA) is 55.8 Å². The fraction of sp³-hybridized carbons (Fsp3) is 0.300. The van der Waals surface area contributed by atoms with E-state index in [-0.39, 0.29) is 34.7 Å². The summed E-state index contributed by atoms with van der Waals surface area (Å²) in [5.74, 6) is -0.329. The lowest BCUT2D eigenvalue weighted by Gasteiger charge is -2.10. The third kappa shape index (κ3) is 2.61. The number of ketones is 1. The Balaban J connectivity index is 3.15. The Kier molecular flexibility index (Phi) is 3.94. The van der Waals surface area contributed by atoms with Gasteiger partial charge in [-0.2, -0.15) is 0 Å². The van der Waals surface area contributed by atoms with Crippen molar-refractivity contribution in [2.45, 2.75) is 6.92 Å². The van der Waals surface area contributed by atoms with E-state index in [1.54, 1.807) is 0 Å². The molecular formula is C10H11ClO4. The first-order valence-electron chi connectivity index (χ1n) is 4.22. The van der Waals surface area contributed by atoms with Gasteiger partial charge in [-0.3, -0.25) is 4.79 Å². The van der Waals surface area contributed by atoms with Crippen LogP contribution in [0.5, 0.6) is 11.5 Å². The molecule has 0 amide bonds. The van der Waals surface area contributed by atoms with Crippen molar-refractivity contribution in [1.29, 1.82) is 0 Å². The first-order valence-corrected chi connectivity index (χ1v) is 4.60. The van der Waals surface area contributed by atoms with Gasteiger partial charge in [0.2, 0.25) is 0 Å². The summed E-state index contributed by atoms with van der Waals surface area (Å²) in [6.45, 7) is 1.33. The molecule has 5 heteroatoms. The number of ether oxygens (including phenoxy) is 2. The Morgan fingerprint density at radius 1 is 1.53 bits per heavy atom. The normalized spacial score (nSPS) is 10.1. The molecule has 0 unspecified atom stereocenters. The minimum atomic E-state index is -0.318. The molecule has 15 heavy (non-hydrogen) atoms. The van der Waals surface area contributed by atoms with E-state index in [1.807, 2.05) is 0 Å². The summed E-state index contributed by atoms with van der Waals surface area (Å²) in [4.78, 5) is 11.3. The van der Waals surface area contributed by atoms with Gasteiger partial charge in [-0.1, -0.05) is 11.6 Å². The van der Waals surface area contributed by atoms with Gasteiger partial charge in [-0.05, 0) is 19.1 Å². The second-order valence-corrected chi connectivity index (χ2v) is 3.28. The number of carbonyl (C=O) groups is 1. The van der Waals surface area contributed by atoms with Gasteiger partial charge in [0, 0.05) is 7.11 Å². The zero-order chi connectivity index (χ0) is 11.4. The second-order valence-electron chi connectivity index (χ2n) is 2.88. The van der Waals surface area contributed by atoms with Crippen LogP contribution in [0.3, 0.4) is 0 Å². The van der Waals surface area contributed by atoms with Gasteiger partial charge in [0.15, 0.2) is 12.6 Å². The lowest BCUT2D eigenvalue weighted by molar-refractivity contribution is 0.0501. The molecular weight excluding hydrogens is 220 g/mol. The van der Waals surface area contributed by atoms with Gasteiger partial charge >= 0.3 is 0 Å². The lowest BCUT2D eigenvalue weighted by Crippen LogP contribution is -2.04. The van der Waals surface area contributed by atoms with Gasteiger partial charge in [-0.25, -0.2) is 0 Å². The molecule has 0 saturated carbocycles. The highest BCUT2D eigenvalue weighted by atomic mass is 35.5. The number of hydrogen-bond acceptors (Lipinski definition) is 4. The molecule has 0 aliphatic rings. The van der Waals surface area contributed by atoms with Crippen LogP contribution in [-0.2, 0) is 4.74 Å². The molecule has 1 aromatic rings. The fourth-order valence-corrected chi connectivity index (χ4v) is 1.29. The average Bonchev–Trinajstić information content (AvgIpc) is 2.19. The quantitative estimate of drug-likeness (QED) is 0.637. The van der Waals surface area contributed by atoms with E-state index in [0.29, 0.717) is 0 Å². The summed E-state index contributed by atoms with van der Waals surface area (Å²) < 4.78 is 9.82. The van der Waals surface area contributed by atoms with Crippen LogP contribution in [0.1, 0.15) is 17.3 Å². The van der Waals surface area contributed by atoms with Gasteiger partial charge in [-0.15, -0.1) is 0 Å². The molecule has 0 spiro atoms. The van der Waals surface area contributed by atoms with Crippen molar-refractivity contribution in [3.63, 3.8) is 0 Å². The molecule has 4 nitrogen and oxygen atoms in total. The summed E-state index contributed by atoms with van der Waals surface area (Å²) in [6.07, 6.45) is 0. The maximum atomic E-state index is 11.3. The smallest absolute Gasteiger partial charge is 0.188 e. The molecule has 0 saturated heterocycles. The first kappa shape index (κ1) is 11.8. The number of benzene rings is 1. The van der Waals surface area contributed by atoms with E-state index in [2.05, 4.69) is 0 Å². The zero-order valence-electron chi connectivity index (χ0n) is 8.41. The highest BCUT2D eigenvalue weighted by Crippen LogP contribution is 2.34. The Morgan fingerprint density at radius 2 is 2.20 bits per heavy atom. The predicted molar refractivity (Wildman–Crippen MR) is 55.6 cm³/mol. The van der Waals surface area contributed by atoms with E-state index >= 15 is 0 Å². The van der Waals surface area contributed by atoms with E-state index in [0.717, 1.165) is 0 Å². The maximum Gasteiger partial charge on any atom is 0.188 e. The standard InChI is InChI=1S/C10H11ClO4/c1-6(12)9-8(15-5-14-2)4-3-7(11)10(9)13/h3-4,13H,5H2,1-2H3. The Hall–Kier alpha value is -1.26. The van der Waals surface area contributed by atoms with Gasteiger partial charge in [0.25, 0.3) is 0 Å². The molecule has 0 aliphatic carbocycles. The fourth-order valence-electron chi connectivity index (χ4n) is 1.13. The molecule has 1 N–H and O–H groups in total. The van der Waals surface area contributed by atoms with Crippen LogP contribution in [0.4, 0.5) is 0 Å². The van der Waals surface area contributed by atoms with E-state index in [1.165, 1.54) is 26.2 Å². The predicted octanol–water partition coefficient (Wildman–Crippen LogP) is 2.23. The zero-order valence-corrected chi connectivity index (χ0v) is 9.17. The van der Waals surface area contributed by atoms with Crippen molar-refractivity contribution >= 4 is 17.4 Å². The lowest BCUT2D eigenvalue weighted by atomic mass is 10.1. The van der Waals surface area contributed by atoms with Crippen LogP contribution in [0.2, 0.25) is 5.02 Å². The molecule has 0 aromatic heterocycles. The number of phenolic OH excluding ortho intramolecular Hbond substituents is 1. The number of aromatic hydroxyl groups is 1. The van der Waals surface area contributed by atoms with Crippen LogP contribution in [0, 0.1) is 0 Å². The monoisotopic (exact) mass is 230 g/mol. The molecule has 0 atom stereocenters. The molecule has 82 valence electrons. The van der Waals surface area contributed by atoms with Crippen molar-refractivity contribution < 1.29 is 19.4 Å². The van der Waals surface area contributed by atoms with Crippen LogP contribution in [0.25, 0.3) is 0 Å². The van der Waals surface area contributed by atoms with Crippen molar-refractivity contribution in [3.05, 3.63) is 22.7 Å². The Morgan fingerprint density at radius 3 is 2.73 bits per heavy atom. The number of halogens is 1. The minimum Gasteiger partial charge on any atom is -0.505 e. The SMILES string of the molecule is COCOc1ccc(Cl)c(O)c1C(C)=O. The van der Waals surface area contributed by atoms with Crippen LogP contribution in [0.15, 0.2) is 12.1 Å². The Labute approximate surface area is 92.4 Å². The molecule has 0 radical (unpaired) electrons. The van der Waals surface area contributed by atoms with Gasteiger partial charge in [0.1, 0.15) is 17.1 Å². The van der Waals surface area contributed by atoms with Crippen molar-refractivity contribution in [2.24, 2.45) is 0 Å².